The van der Waals surface area contributed by atoms with Gasteiger partial charge in [-0.15, -0.1) is 0 Å². The van der Waals surface area contributed by atoms with Crippen LogP contribution in [0.15, 0.2) is 66.0 Å². The molecule has 1 amide bonds. The molecule has 1 atom stereocenters. The largest absolute Gasteiger partial charge is 0.369 e. The van der Waals surface area contributed by atoms with Crippen molar-refractivity contribution in [2.45, 2.75) is 30.7 Å². The minimum absolute atomic E-state index is 0.296. The lowest BCUT2D eigenvalue weighted by Crippen LogP contribution is -2.25. The van der Waals surface area contributed by atoms with Gasteiger partial charge in [0.15, 0.2) is 5.16 Å². The summed E-state index contributed by atoms with van der Waals surface area (Å²) in [6.07, 6.45) is 2.52. The molecule has 0 radical (unpaired) electrons. The Kier molecular flexibility index (Phi) is 5.24. The van der Waals surface area contributed by atoms with E-state index in [-0.39, 0.29) is 11.2 Å². The molecule has 1 aromatic heterocycles. The molecule has 0 aliphatic carbocycles. The number of amides is 1. The number of imidazole rings is 1. The molecule has 5 heteroatoms. The average Bonchev–Trinajstić information content (AvgIpc) is 3.04. The molecule has 0 aliphatic heterocycles. The summed E-state index contributed by atoms with van der Waals surface area (Å²) in [5.74, 6) is -0.313. The van der Waals surface area contributed by atoms with E-state index in [1.807, 2.05) is 31.3 Å². The maximum Gasteiger partial charge on any atom is 0.231 e. The number of aryl methyl sites for hydroxylation is 1. The van der Waals surface area contributed by atoms with Crippen molar-refractivity contribution in [1.29, 1.82) is 0 Å². The number of nitrogens with two attached hydrogens (primary N) is 1. The van der Waals surface area contributed by atoms with E-state index in [9.17, 15) is 4.79 Å². The molecular weight excluding hydrogens is 330 g/mol. The van der Waals surface area contributed by atoms with Gasteiger partial charge in [-0.2, -0.15) is 0 Å². The number of rotatable bonds is 6. The summed E-state index contributed by atoms with van der Waals surface area (Å²) < 4.78 is 2.09. The van der Waals surface area contributed by atoms with Gasteiger partial charge in [0, 0.05) is 11.3 Å². The first-order valence-electron chi connectivity index (χ1n) is 8.26. The molecule has 0 fully saturated rings. The highest BCUT2D eigenvalue weighted by molar-refractivity contribution is 8.00. The number of primary amides is 1. The van der Waals surface area contributed by atoms with Gasteiger partial charge in [-0.3, -0.25) is 9.36 Å². The van der Waals surface area contributed by atoms with Crippen LogP contribution in [0.1, 0.15) is 18.9 Å². The normalized spacial score (nSPS) is 12.1. The third-order valence-corrected chi connectivity index (χ3v) is 5.38. The molecule has 4 nitrogen and oxygen atoms in total. The predicted molar refractivity (Wildman–Crippen MR) is 103 cm³/mol. The van der Waals surface area contributed by atoms with Crippen molar-refractivity contribution in [2.24, 2.45) is 5.73 Å². The molecular formula is C20H21N3OS. The highest BCUT2D eigenvalue weighted by atomic mass is 32.2. The summed E-state index contributed by atoms with van der Waals surface area (Å²) >= 11 is 1.42. The smallest absolute Gasteiger partial charge is 0.231 e. The number of aromatic nitrogens is 2. The fourth-order valence-corrected chi connectivity index (χ4v) is 3.60. The molecule has 0 saturated heterocycles. The van der Waals surface area contributed by atoms with E-state index in [1.165, 1.54) is 17.3 Å². The minimum Gasteiger partial charge on any atom is -0.369 e. The Morgan fingerprint density at radius 3 is 2.44 bits per heavy atom. The number of thioether (sulfide) groups is 1. The molecule has 0 aliphatic rings. The summed E-state index contributed by atoms with van der Waals surface area (Å²) in [5.41, 5.74) is 9.81. The second kappa shape index (κ2) is 7.57. The van der Waals surface area contributed by atoms with E-state index in [2.05, 4.69) is 52.9 Å². The van der Waals surface area contributed by atoms with Crippen molar-refractivity contribution in [3.63, 3.8) is 0 Å². The van der Waals surface area contributed by atoms with Crippen molar-refractivity contribution in [3.05, 3.63) is 66.4 Å². The molecule has 2 aromatic carbocycles. The molecule has 2 N–H and O–H groups in total. The van der Waals surface area contributed by atoms with Gasteiger partial charge >= 0.3 is 0 Å². The van der Waals surface area contributed by atoms with Crippen molar-refractivity contribution in [2.75, 3.05) is 0 Å². The summed E-state index contributed by atoms with van der Waals surface area (Å²) in [7, 11) is 0. The van der Waals surface area contributed by atoms with E-state index < -0.39 is 0 Å². The standard InChI is InChI=1S/C20H21N3OS/c1-3-18(19(21)24)25-20-22-13-17(15-7-5-4-6-8-15)23(20)16-11-9-14(2)10-12-16/h4-13,18H,3H2,1-2H3,(H2,21,24). The quantitative estimate of drug-likeness (QED) is 0.677. The van der Waals surface area contributed by atoms with E-state index in [4.69, 9.17) is 5.73 Å². The second-order valence-electron chi connectivity index (χ2n) is 5.88. The Labute approximate surface area is 152 Å². The molecule has 0 bridgehead atoms. The van der Waals surface area contributed by atoms with Crippen LogP contribution in [-0.2, 0) is 4.79 Å². The Balaban J connectivity index is 2.11. The highest BCUT2D eigenvalue weighted by Gasteiger charge is 2.20. The van der Waals surface area contributed by atoms with Crippen LogP contribution < -0.4 is 5.73 Å². The van der Waals surface area contributed by atoms with E-state index in [0.29, 0.717) is 6.42 Å². The van der Waals surface area contributed by atoms with Gasteiger partial charge in [0.2, 0.25) is 5.91 Å². The Morgan fingerprint density at radius 1 is 1.16 bits per heavy atom. The Morgan fingerprint density at radius 2 is 1.84 bits per heavy atom. The number of hydrogen-bond acceptors (Lipinski definition) is 3. The van der Waals surface area contributed by atoms with Crippen LogP contribution in [0.2, 0.25) is 0 Å². The maximum absolute atomic E-state index is 11.7. The van der Waals surface area contributed by atoms with Gasteiger partial charge in [-0.1, -0.05) is 66.7 Å². The zero-order valence-electron chi connectivity index (χ0n) is 14.3. The SMILES string of the molecule is CCC(Sc1ncc(-c2ccccc2)n1-c1ccc(C)cc1)C(N)=O. The van der Waals surface area contributed by atoms with E-state index in [0.717, 1.165) is 22.1 Å². The lowest BCUT2D eigenvalue weighted by atomic mass is 10.1. The van der Waals surface area contributed by atoms with Gasteiger partial charge in [0.1, 0.15) is 0 Å². The molecule has 0 saturated carbocycles. The first-order chi connectivity index (χ1) is 12.1. The monoisotopic (exact) mass is 351 g/mol. The number of hydrogen-bond donors (Lipinski definition) is 1. The Hall–Kier alpha value is -2.53. The molecule has 128 valence electrons. The van der Waals surface area contributed by atoms with Crippen LogP contribution in [0.4, 0.5) is 0 Å². The van der Waals surface area contributed by atoms with Gasteiger partial charge in [-0.05, 0) is 25.5 Å². The van der Waals surface area contributed by atoms with Crippen molar-refractivity contribution < 1.29 is 4.79 Å². The molecule has 1 heterocycles. The third kappa shape index (κ3) is 3.77. The van der Waals surface area contributed by atoms with Crippen LogP contribution in [0.3, 0.4) is 0 Å². The van der Waals surface area contributed by atoms with Crippen molar-refractivity contribution in [1.82, 2.24) is 9.55 Å². The summed E-state index contributed by atoms with van der Waals surface area (Å²) in [6.45, 7) is 4.02. The Bertz CT molecular complexity index is 856. The third-order valence-electron chi connectivity index (χ3n) is 4.03. The average molecular weight is 351 g/mol. The van der Waals surface area contributed by atoms with Crippen LogP contribution in [0.25, 0.3) is 16.9 Å². The highest BCUT2D eigenvalue weighted by Crippen LogP contribution is 2.32. The number of benzene rings is 2. The van der Waals surface area contributed by atoms with Gasteiger partial charge in [0.05, 0.1) is 17.1 Å². The summed E-state index contributed by atoms with van der Waals surface area (Å²) in [4.78, 5) is 16.2. The van der Waals surface area contributed by atoms with Gasteiger partial charge in [-0.25, -0.2) is 4.98 Å². The molecule has 1 unspecified atom stereocenters. The van der Waals surface area contributed by atoms with Gasteiger partial charge < -0.3 is 5.73 Å². The zero-order chi connectivity index (χ0) is 17.8. The number of carbonyl (C=O) groups excluding carboxylic acids is 1. The molecule has 0 spiro atoms. The number of carbonyl (C=O) groups is 1. The number of nitrogens with zero attached hydrogens (tertiary/aromatic N) is 2. The molecule has 3 aromatic rings. The van der Waals surface area contributed by atoms with Gasteiger partial charge in [0.25, 0.3) is 0 Å². The fraction of sp³-hybridized carbons (Fsp3) is 0.200. The molecule has 25 heavy (non-hydrogen) atoms. The minimum atomic E-state index is -0.313. The zero-order valence-corrected chi connectivity index (χ0v) is 15.2. The first-order valence-corrected chi connectivity index (χ1v) is 9.14. The van der Waals surface area contributed by atoms with Crippen LogP contribution in [-0.4, -0.2) is 20.7 Å². The van der Waals surface area contributed by atoms with E-state index >= 15 is 0 Å². The molecule has 3 rings (SSSR count). The van der Waals surface area contributed by atoms with E-state index in [1.54, 1.807) is 0 Å². The lowest BCUT2D eigenvalue weighted by Gasteiger charge is -2.15. The van der Waals surface area contributed by atoms with Crippen LogP contribution >= 0.6 is 11.8 Å². The van der Waals surface area contributed by atoms with Crippen molar-refractivity contribution in [3.8, 4) is 16.9 Å². The predicted octanol–water partition coefficient (Wildman–Crippen LogP) is 4.20. The van der Waals surface area contributed by atoms with Crippen LogP contribution in [0, 0.1) is 6.92 Å². The van der Waals surface area contributed by atoms with Crippen LogP contribution in [0.5, 0.6) is 0 Å². The topological polar surface area (TPSA) is 60.9 Å². The maximum atomic E-state index is 11.7. The van der Waals surface area contributed by atoms with Crippen molar-refractivity contribution >= 4 is 17.7 Å². The lowest BCUT2D eigenvalue weighted by molar-refractivity contribution is -0.117. The first kappa shape index (κ1) is 17.3. The fourth-order valence-electron chi connectivity index (χ4n) is 2.64. The summed E-state index contributed by atoms with van der Waals surface area (Å²) in [6, 6.07) is 18.4. The summed E-state index contributed by atoms with van der Waals surface area (Å²) in [5, 5.41) is 0.476. The second-order valence-corrected chi connectivity index (χ2v) is 7.05.